The quantitative estimate of drug-likeness (QED) is 0.0505. The van der Waals surface area contributed by atoms with Crippen molar-refractivity contribution in [3.8, 4) is 0 Å². The van der Waals surface area contributed by atoms with E-state index in [1.807, 2.05) is 27.7 Å². The van der Waals surface area contributed by atoms with E-state index in [4.69, 9.17) is 9.47 Å². The minimum Gasteiger partial charge on any atom is -0.465 e. The molecule has 0 bridgehead atoms. The lowest BCUT2D eigenvalue weighted by molar-refractivity contribution is -0.156. The second-order valence-electron chi connectivity index (χ2n) is 17.9. The Kier molecular flexibility index (Phi) is 32.6. The number of aliphatic hydroxyl groups excluding tert-OH is 1. The highest BCUT2D eigenvalue weighted by atomic mass is 16.5. The van der Waals surface area contributed by atoms with E-state index >= 15 is 0 Å². The third-order valence-electron chi connectivity index (χ3n) is 11.5. The first kappa shape index (κ1) is 50.9. The maximum absolute atomic E-state index is 13.0. The Bertz CT molecular complexity index is 755. The van der Waals surface area contributed by atoms with Crippen molar-refractivity contribution < 1.29 is 24.2 Å². The molecule has 0 rings (SSSR count). The van der Waals surface area contributed by atoms with E-state index in [0.717, 1.165) is 64.2 Å². The highest BCUT2D eigenvalue weighted by molar-refractivity contribution is 5.76. The van der Waals surface area contributed by atoms with Crippen LogP contribution in [-0.2, 0) is 19.1 Å². The van der Waals surface area contributed by atoms with Gasteiger partial charge in [-0.1, -0.05) is 169 Å². The van der Waals surface area contributed by atoms with E-state index in [9.17, 15) is 14.7 Å². The van der Waals surface area contributed by atoms with Crippen molar-refractivity contribution in [2.45, 2.75) is 254 Å². The third-order valence-corrected chi connectivity index (χ3v) is 11.5. The summed E-state index contributed by atoms with van der Waals surface area (Å²) in [5.74, 6) is 0.899. The lowest BCUT2D eigenvalue weighted by Crippen LogP contribution is -2.28. The minimum atomic E-state index is -0.460. The Morgan fingerprint density at radius 2 is 0.692 bits per heavy atom. The lowest BCUT2D eigenvalue weighted by atomic mass is 9.86. The van der Waals surface area contributed by atoms with Crippen LogP contribution in [0.2, 0.25) is 0 Å². The molecule has 0 radical (unpaired) electrons. The third kappa shape index (κ3) is 28.4. The maximum atomic E-state index is 13.0. The van der Waals surface area contributed by atoms with Gasteiger partial charge in [0.25, 0.3) is 0 Å². The topological polar surface area (TPSA) is 72.8 Å². The highest BCUT2D eigenvalue weighted by Crippen LogP contribution is 2.29. The Balaban J connectivity index is 4.29. The van der Waals surface area contributed by atoms with E-state index in [1.54, 1.807) is 0 Å². The molecule has 0 saturated carbocycles. The molecule has 5 heteroatoms. The second-order valence-corrected chi connectivity index (χ2v) is 17.9. The summed E-state index contributed by atoms with van der Waals surface area (Å²) in [6, 6.07) is 0. The number of hydrogen-bond donors (Lipinski definition) is 1. The van der Waals surface area contributed by atoms with E-state index in [0.29, 0.717) is 25.0 Å². The lowest BCUT2D eigenvalue weighted by Gasteiger charge is -2.25. The number of esters is 2. The van der Waals surface area contributed by atoms with E-state index in [1.165, 1.54) is 128 Å². The van der Waals surface area contributed by atoms with Crippen LogP contribution in [0.15, 0.2) is 0 Å². The molecule has 0 fully saturated rings. The highest BCUT2D eigenvalue weighted by Gasteiger charge is 2.30. The van der Waals surface area contributed by atoms with Gasteiger partial charge in [0.15, 0.2) is 0 Å². The van der Waals surface area contributed by atoms with Crippen molar-refractivity contribution in [1.29, 1.82) is 0 Å². The molecule has 0 amide bonds. The van der Waals surface area contributed by atoms with Crippen molar-refractivity contribution >= 4 is 11.9 Å². The Labute approximate surface area is 325 Å². The molecule has 0 aromatic heterocycles. The number of unbranched alkanes of at least 4 members (excludes halogenated alkanes) is 16. The van der Waals surface area contributed by atoms with Crippen LogP contribution in [0.4, 0.5) is 0 Å². The molecule has 0 aliphatic carbocycles. The molecule has 0 aliphatic heterocycles. The average Bonchev–Trinajstić information content (AvgIpc) is 3.11. The molecular weight excluding hydrogens is 645 g/mol. The van der Waals surface area contributed by atoms with Gasteiger partial charge in [-0.05, 0) is 90.9 Å². The maximum Gasteiger partial charge on any atom is 0.311 e. The Hall–Kier alpha value is -1.10. The SMILES string of the molecule is CCCCCCCC(CCCCC)COC(=O)C(C)(C)CCCCCC(O)CCCCCC(C)(C)C(=O)OCC(CCCCC)CCCCCCC. The molecule has 310 valence electrons. The number of carbonyl (C=O) groups is 2. The Morgan fingerprint density at radius 3 is 1.04 bits per heavy atom. The first-order chi connectivity index (χ1) is 24.9. The fraction of sp³-hybridized carbons (Fsp3) is 0.957. The van der Waals surface area contributed by atoms with Crippen LogP contribution in [-0.4, -0.2) is 36.4 Å². The first-order valence-corrected chi connectivity index (χ1v) is 23.0. The van der Waals surface area contributed by atoms with Crippen molar-refractivity contribution in [3.63, 3.8) is 0 Å². The zero-order chi connectivity index (χ0) is 38.9. The van der Waals surface area contributed by atoms with Crippen molar-refractivity contribution in [1.82, 2.24) is 0 Å². The number of carbonyl (C=O) groups excluding carboxylic acids is 2. The van der Waals surface area contributed by atoms with Crippen LogP contribution >= 0.6 is 0 Å². The summed E-state index contributed by atoms with van der Waals surface area (Å²) in [5, 5.41) is 10.6. The fourth-order valence-electron chi connectivity index (χ4n) is 7.43. The van der Waals surface area contributed by atoms with Crippen molar-refractivity contribution in [3.05, 3.63) is 0 Å². The first-order valence-electron chi connectivity index (χ1n) is 23.0. The monoisotopic (exact) mass is 737 g/mol. The molecule has 2 unspecified atom stereocenters. The second kappa shape index (κ2) is 33.3. The predicted molar refractivity (Wildman–Crippen MR) is 224 cm³/mol. The molecule has 1 N–H and O–H groups in total. The van der Waals surface area contributed by atoms with E-state index in [2.05, 4.69) is 27.7 Å². The van der Waals surface area contributed by atoms with Gasteiger partial charge in [0, 0.05) is 0 Å². The van der Waals surface area contributed by atoms with Gasteiger partial charge in [-0.2, -0.15) is 0 Å². The summed E-state index contributed by atoms with van der Waals surface area (Å²) in [5.41, 5.74) is -0.920. The summed E-state index contributed by atoms with van der Waals surface area (Å²) < 4.78 is 11.9. The van der Waals surface area contributed by atoms with Gasteiger partial charge in [-0.25, -0.2) is 0 Å². The van der Waals surface area contributed by atoms with Gasteiger partial charge < -0.3 is 14.6 Å². The normalized spacial score (nSPS) is 13.9. The molecule has 0 heterocycles. The van der Waals surface area contributed by atoms with Crippen LogP contribution in [0.5, 0.6) is 0 Å². The zero-order valence-corrected chi connectivity index (χ0v) is 36.4. The number of hydrogen-bond acceptors (Lipinski definition) is 5. The van der Waals surface area contributed by atoms with Crippen molar-refractivity contribution in [2.24, 2.45) is 22.7 Å². The van der Waals surface area contributed by atoms with Crippen LogP contribution in [0.1, 0.15) is 248 Å². The van der Waals surface area contributed by atoms with Crippen LogP contribution < -0.4 is 0 Å². The van der Waals surface area contributed by atoms with Crippen LogP contribution in [0, 0.1) is 22.7 Å². The molecule has 0 aliphatic rings. The molecule has 0 aromatic carbocycles. The number of aliphatic hydroxyl groups is 1. The largest absolute Gasteiger partial charge is 0.465 e. The van der Waals surface area contributed by atoms with Gasteiger partial charge in [0.05, 0.1) is 30.1 Å². The van der Waals surface area contributed by atoms with Gasteiger partial charge in [-0.15, -0.1) is 0 Å². The fourth-order valence-corrected chi connectivity index (χ4v) is 7.43. The predicted octanol–water partition coefficient (Wildman–Crippen LogP) is 14.5. The standard InChI is InChI=1S/C47H92O5/c1-9-13-17-19-25-33-41(31-23-15-11-3)39-51-44(49)46(5,6)37-29-21-27-35-43(48)36-28-22-30-38-47(7,8)45(50)52-40-42(32-24-16-12-4)34-26-20-18-14-10-2/h41-43,48H,9-40H2,1-8H3. The van der Waals surface area contributed by atoms with Gasteiger partial charge >= 0.3 is 11.9 Å². The summed E-state index contributed by atoms with van der Waals surface area (Å²) in [6.07, 6.45) is 34.0. The number of rotatable bonds is 38. The summed E-state index contributed by atoms with van der Waals surface area (Å²) in [7, 11) is 0. The summed E-state index contributed by atoms with van der Waals surface area (Å²) in [6.45, 7) is 18.3. The number of ether oxygens (including phenoxy) is 2. The Morgan fingerprint density at radius 1 is 0.423 bits per heavy atom. The molecule has 0 aromatic rings. The smallest absolute Gasteiger partial charge is 0.311 e. The summed E-state index contributed by atoms with van der Waals surface area (Å²) >= 11 is 0. The molecular formula is C47H92O5. The van der Waals surface area contributed by atoms with Gasteiger partial charge in [0.2, 0.25) is 0 Å². The summed E-state index contributed by atoms with van der Waals surface area (Å²) in [4.78, 5) is 26.1. The van der Waals surface area contributed by atoms with E-state index < -0.39 is 10.8 Å². The minimum absolute atomic E-state index is 0.0461. The molecule has 2 atom stereocenters. The van der Waals surface area contributed by atoms with Gasteiger partial charge in [0.1, 0.15) is 0 Å². The molecule has 0 spiro atoms. The van der Waals surface area contributed by atoms with E-state index in [-0.39, 0.29) is 18.0 Å². The molecule has 5 nitrogen and oxygen atoms in total. The van der Waals surface area contributed by atoms with Crippen LogP contribution in [0.25, 0.3) is 0 Å². The van der Waals surface area contributed by atoms with Crippen LogP contribution in [0.3, 0.4) is 0 Å². The zero-order valence-electron chi connectivity index (χ0n) is 36.4. The molecule has 0 saturated heterocycles. The van der Waals surface area contributed by atoms with Gasteiger partial charge in [-0.3, -0.25) is 9.59 Å². The van der Waals surface area contributed by atoms with Crippen molar-refractivity contribution in [2.75, 3.05) is 13.2 Å². The molecule has 52 heavy (non-hydrogen) atoms. The average molecular weight is 737 g/mol.